The Hall–Kier alpha value is -0.940. The normalized spacial score (nSPS) is 10.8. The lowest BCUT2D eigenvalue weighted by atomic mass is 10.2. The number of hydrogen-bond acceptors (Lipinski definition) is 2. The molecule has 72 valence electrons. The Kier molecular flexibility index (Phi) is 2.28. The van der Waals surface area contributed by atoms with Crippen LogP contribution in [0.2, 0.25) is 5.28 Å². The van der Waals surface area contributed by atoms with Crippen LogP contribution in [0.5, 0.6) is 0 Å². The molecule has 0 radical (unpaired) electrons. The van der Waals surface area contributed by atoms with Crippen molar-refractivity contribution in [1.29, 1.82) is 0 Å². The fourth-order valence-corrected chi connectivity index (χ4v) is 1.74. The fraction of sp³-hybridized carbons (Fsp3) is 0. The molecule has 14 heavy (non-hydrogen) atoms. The van der Waals surface area contributed by atoms with Crippen molar-refractivity contribution in [2.24, 2.45) is 0 Å². The van der Waals surface area contributed by atoms with Gasteiger partial charge in [0.1, 0.15) is 5.52 Å². The minimum Gasteiger partial charge on any atom is -0.297 e. The second-order valence-corrected chi connectivity index (χ2v) is 3.91. The molecule has 2 aromatic rings. The van der Waals surface area contributed by atoms with Crippen LogP contribution in [-0.2, 0) is 0 Å². The SMILES string of the molecule is O=c1[nH]c(Cl)nc2c(F)cc(Br)cc12. The Morgan fingerprint density at radius 3 is 2.93 bits per heavy atom. The molecule has 0 saturated carbocycles. The van der Waals surface area contributed by atoms with Gasteiger partial charge in [-0.3, -0.25) is 9.78 Å². The second kappa shape index (κ2) is 3.33. The molecule has 0 bridgehead atoms. The highest BCUT2D eigenvalue weighted by Gasteiger charge is 2.08. The summed E-state index contributed by atoms with van der Waals surface area (Å²) in [6, 6.07) is 2.71. The average Bonchev–Trinajstić information content (AvgIpc) is 2.07. The van der Waals surface area contributed by atoms with Gasteiger partial charge in [-0.1, -0.05) is 15.9 Å². The zero-order valence-corrected chi connectivity index (χ0v) is 8.99. The molecule has 1 heterocycles. The Balaban J connectivity index is 3.02. The number of aromatic nitrogens is 2. The summed E-state index contributed by atoms with van der Waals surface area (Å²) in [5, 5.41) is 0.0463. The van der Waals surface area contributed by atoms with Crippen molar-refractivity contribution in [3.8, 4) is 0 Å². The van der Waals surface area contributed by atoms with Crippen LogP contribution >= 0.6 is 27.5 Å². The first-order chi connectivity index (χ1) is 6.58. The van der Waals surface area contributed by atoms with E-state index in [1.807, 2.05) is 0 Å². The van der Waals surface area contributed by atoms with Crippen molar-refractivity contribution in [1.82, 2.24) is 9.97 Å². The number of H-pyrrole nitrogens is 1. The lowest BCUT2D eigenvalue weighted by Gasteiger charge is -1.99. The number of fused-ring (bicyclic) bond motifs is 1. The van der Waals surface area contributed by atoms with Gasteiger partial charge in [-0.15, -0.1) is 0 Å². The number of nitrogens with zero attached hydrogens (tertiary/aromatic N) is 1. The van der Waals surface area contributed by atoms with Crippen LogP contribution in [0.1, 0.15) is 0 Å². The lowest BCUT2D eigenvalue weighted by molar-refractivity contribution is 0.635. The third-order valence-corrected chi connectivity index (χ3v) is 2.34. The van der Waals surface area contributed by atoms with E-state index in [9.17, 15) is 9.18 Å². The molecular formula is C8H3BrClFN2O. The van der Waals surface area contributed by atoms with E-state index >= 15 is 0 Å². The van der Waals surface area contributed by atoms with Gasteiger partial charge in [0.25, 0.3) is 5.56 Å². The van der Waals surface area contributed by atoms with Crippen LogP contribution in [0.3, 0.4) is 0 Å². The smallest absolute Gasteiger partial charge is 0.259 e. The summed E-state index contributed by atoms with van der Waals surface area (Å²) >= 11 is 8.57. The van der Waals surface area contributed by atoms with Crippen LogP contribution in [0, 0.1) is 5.82 Å². The number of rotatable bonds is 0. The Morgan fingerprint density at radius 1 is 1.50 bits per heavy atom. The van der Waals surface area contributed by atoms with E-state index in [0.717, 1.165) is 0 Å². The predicted molar refractivity (Wildman–Crippen MR) is 55.0 cm³/mol. The molecule has 0 amide bonds. The number of aromatic amines is 1. The molecule has 0 aliphatic heterocycles. The van der Waals surface area contributed by atoms with Crippen molar-refractivity contribution in [2.45, 2.75) is 0 Å². The third-order valence-electron chi connectivity index (χ3n) is 1.70. The third kappa shape index (κ3) is 1.53. The van der Waals surface area contributed by atoms with E-state index in [-0.39, 0.29) is 16.2 Å². The maximum absolute atomic E-state index is 13.3. The van der Waals surface area contributed by atoms with E-state index in [2.05, 4.69) is 25.9 Å². The van der Waals surface area contributed by atoms with Crippen LogP contribution in [0.4, 0.5) is 4.39 Å². The first kappa shape index (κ1) is 9.61. The molecule has 3 nitrogen and oxygen atoms in total. The minimum absolute atomic E-state index is 0.0260. The average molecular weight is 277 g/mol. The Morgan fingerprint density at radius 2 is 2.21 bits per heavy atom. The van der Waals surface area contributed by atoms with Gasteiger partial charge < -0.3 is 0 Å². The number of hydrogen-bond donors (Lipinski definition) is 1. The quantitative estimate of drug-likeness (QED) is 0.752. The van der Waals surface area contributed by atoms with Crippen molar-refractivity contribution in [2.75, 3.05) is 0 Å². The van der Waals surface area contributed by atoms with Crippen LogP contribution < -0.4 is 5.56 Å². The van der Waals surface area contributed by atoms with Gasteiger partial charge in [-0.25, -0.2) is 9.37 Å². The summed E-state index contributed by atoms with van der Waals surface area (Å²) in [6.07, 6.45) is 0. The number of nitrogens with one attached hydrogen (secondary N) is 1. The van der Waals surface area contributed by atoms with Crippen LogP contribution in [0.25, 0.3) is 10.9 Å². The highest BCUT2D eigenvalue weighted by Crippen LogP contribution is 2.19. The van der Waals surface area contributed by atoms with Gasteiger partial charge in [-0.05, 0) is 23.7 Å². The van der Waals surface area contributed by atoms with Gasteiger partial charge in [-0.2, -0.15) is 0 Å². The second-order valence-electron chi connectivity index (χ2n) is 2.64. The summed E-state index contributed by atoms with van der Waals surface area (Å²) in [4.78, 5) is 17.3. The van der Waals surface area contributed by atoms with E-state index in [0.29, 0.717) is 4.47 Å². The first-order valence-electron chi connectivity index (χ1n) is 3.62. The summed E-state index contributed by atoms with van der Waals surface area (Å²) in [5.74, 6) is -0.581. The zero-order chi connectivity index (χ0) is 10.3. The molecular weight excluding hydrogens is 274 g/mol. The highest BCUT2D eigenvalue weighted by molar-refractivity contribution is 9.10. The predicted octanol–water partition coefficient (Wildman–Crippen LogP) is 2.48. The van der Waals surface area contributed by atoms with Crippen molar-refractivity contribution in [3.05, 3.63) is 38.1 Å². The number of halogens is 3. The molecule has 0 fully saturated rings. The maximum Gasteiger partial charge on any atom is 0.259 e. The molecule has 1 N–H and O–H groups in total. The molecule has 0 aliphatic rings. The highest BCUT2D eigenvalue weighted by atomic mass is 79.9. The van der Waals surface area contributed by atoms with Crippen LogP contribution in [-0.4, -0.2) is 9.97 Å². The molecule has 0 atom stereocenters. The first-order valence-corrected chi connectivity index (χ1v) is 4.79. The molecule has 0 saturated heterocycles. The summed E-state index contributed by atoms with van der Waals surface area (Å²) in [7, 11) is 0. The van der Waals surface area contributed by atoms with Gasteiger partial charge in [0, 0.05) is 4.47 Å². The molecule has 0 unspecified atom stereocenters. The molecule has 2 rings (SSSR count). The topological polar surface area (TPSA) is 45.8 Å². The molecule has 6 heteroatoms. The van der Waals surface area contributed by atoms with E-state index in [1.165, 1.54) is 12.1 Å². The molecule has 0 aliphatic carbocycles. The van der Waals surface area contributed by atoms with Crippen LogP contribution in [0.15, 0.2) is 21.4 Å². The zero-order valence-electron chi connectivity index (χ0n) is 6.64. The van der Waals surface area contributed by atoms with Gasteiger partial charge in [0.05, 0.1) is 5.39 Å². The molecule has 0 spiro atoms. The van der Waals surface area contributed by atoms with Crippen molar-refractivity contribution >= 4 is 38.4 Å². The van der Waals surface area contributed by atoms with Gasteiger partial charge in [0.15, 0.2) is 5.82 Å². The summed E-state index contributed by atoms with van der Waals surface area (Å²) < 4.78 is 13.8. The van der Waals surface area contributed by atoms with E-state index in [1.54, 1.807) is 0 Å². The van der Waals surface area contributed by atoms with Gasteiger partial charge >= 0.3 is 0 Å². The molecule has 1 aromatic carbocycles. The Labute approximate surface area is 91.1 Å². The lowest BCUT2D eigenvalue weighted by Crippen LogP contribution is -2.08. The summed E-state index contributed by atoms with van der Waals surface area (Å²) in [6.45, 7) is 0. The Bertz CT molecular complexity index is 569. The fourth-order valence-electron chi connectivity index (χ4n) is 1.14. The summed E-state index contributed by atoms with van der Waals surface area (Å²) in [5.41, 5.74) is -0.484. The monoisotopic (exact) mass is 276 g/mol. The standard InChI is InChI=1S/C8H3BrClFN2O/c9-3-1-4-6(5(11)2-3)12-8(10)13-7(4)14/h1-2H,(H,12,13,14). The molecule has 1 aromatic heterocycles. The van der Waals surface area contributed by atoms with Crippen molar-refractivity contribution < 1.29 is 4.39 Å². The maximum atomic E-state index is 13.3. The van der Waals surface area contributed by atoms with Crippen molar-refractivity contribution in [3.63, 3.8) is 0 Å². The number of benzene rings is 1. The van der Waals surface area contributed by atoms with E-state index in [4.69, 9.17) is 11.6 Å². The van der Waals surface area contributed by atoms with Gasteiger partial charge in [0.2, 0.25) is 5.28 Å². The minimum atomic E-state index is -0.581. The van der Waals surface area contributed by atoms with E-state index < -0.39 is 11.4 Å². The largest absolute Gasteiger partial charge is 0.297 e.